The second kappa shape index (κ2) is 4.30. The van der Waals surface area contributed by atoms with Gasteiger partial charge >= 0.3 is 0 Å². The molecule has 0 aromatic carbocycles. The molecule has 0 spiro atoms. The van der Waals surface area contributed by atoms with Crippen molar-refractivity contribution in [2.45, 2.75) is 53.4 Å². The lowest BCUT2D eigenvalue weighted by Crippen LogP contribution is -2.44. The fraction of sp³-hybridized carbons (Fsp3) is 1.00. The van der Waals surface area contributed by atoms with E-state index in [0.717, 1.165) is 23.7 Å². The van der Waals surface area contributed by atoms with Crippen LogP contribution in [0.25, 0.3) is 0 Å². The predicted molar refractivity (Wildman–Crippen MR) is 55.1 cm³/mol. The van der Waals surface area contributed by atoms with Crippen LogP contribution in [0.15, 0.2) is 0 Å². The van der Waals surface area contributed by atoms with Crippen LogP contribution in [0.3, 0.4) is 0 Å². The van der Waals surface area contributed by atoms with Gasteiger partial charge in [0.15, 0.2) is 0 Å². The van der Waals surface area contributed by atoms with Crippen LogP contribution in [-0.2, 0) is 0 Å². The molecule has 0 heteroatoms. The maximum Gasteiger partial charge on any atom is -0.0355 e. The molecule has 0 saturated heterocycles. The van der Waals surface area contributed by atoms with Gasteiger partial charge in [-0.25, -0.2) is 0 Å². The van der Waals surface area contributed by atoms with Crippen molar-refractivity contribution in [3.8, 4) is 0 Å². The van der Waals surface area contributed by atoms with Crippen LogP contribution in [0.4, 0.5) is 0 Å². The fourth-order valence-electron chi connectivity index (χ4n) is 3.08. The van der Waals surface area contributed by atoms with Crippen molar-refractivity contribution in [2.75, 3.05) is 0 Å². The van der Waals surface area contributed by atoms with Crippen molar-refractivity contribution in [3.63, 3.8) is 0 Å². The Bertz CT molecular complexity index is 124. The zero-order valence-electron chi connectivity index (χ0n) is 9.14. The van der Waals surface area contributed by atoms with Gasteiger partial charge in [0.25, 0.3) is 0 Å². The highest BCUT2D eigenvalue weighted by molar-refractivity contribution is 4.94. The zero-order valence-corrected chi connectivity index (χ0v) is 9.14. The Kier molecular flexibility index (Phi) is 3.61. The highest BCUT2D eigenvalue weighted by atomic mass is 14.5. The third kappa shape index (κ3) is 1.53. The number of rotatable bonds is 1. The maximum absolute atomic E-state index is 2.46. The van der Waals surface area contributed by atoms with Crippen LogP contribution in [0.5, 0.6) is 0 Å². The van der Waals surface area contributed by atoms with Gasteiger partial charge in [-0.2, -0.15) is 0 Å². The number of hydrogen-bond donors (Lipinski definition) is 0. The SMILES string of the molecule is CC.CCC1CCC2CC1C2C. The first-order valence-corrected chi connectivity index (χ1v) is 5.83. The average Bonchev–Trinajstić information content (AvgIpc) is 2.19. The lowest BCUT2D eigenvalue weighted by atomic mass is 9.53. The molecule has 4 unspecified atom stereocenters. The molecule has 2 bridgehead atoms. The lowest BCUT2D eigenvalue weighted by Gasteiger charge is -2.52. The summed E-state index contributed by atoms with van der Waals surface area (Å²) in [4.78, 5) is 0. The molecule has 12 heavy (non-hydrogen) atoms. The Balaban J connectivity index is 0.000000336. The van der Waals surface area contributed by atoms with Crippen LogP contribution in [0, 0.1) is 23.7 Å². The second-order valence-corrected chi connectivity index (χ2v) is 4.26. The summed E-state index contributed by atoms with van der Waals surface area (Å²) in [6.07, 6.45) is 6.08. The smallest absolute Gasteiger partial charge is 0.0355 e. The summed E-state index contributed by atoms with van der Waals surface area (Å²) in [5.74, 6) is 4.44. The highest BCUT2D eigenvalue weighted by Crippen LogP contribution is 2.53. The van der Waals surface area contributed by atoms with E-state index in [1.807, 2.05) is 13.8 Å². The van der Waals surface area contributed by atoms with Gasteiger partial charge in [0.1, 0.15) is 0 Å². The molecule has 4 atom stereocenters. The van der Waals surface area contributed by atoms with Crippen molar-refractivity contribution >= 4 is 0 Å². The minimum Gasteiger partial charge on any atom is -0.0683 e. The van der Waals surface area contributed by atoms with Crippen molar-refractivity contribution in [1.82, 2.24) is 0 Å². The Morgan fingerprint density at radius 3 is 2.17 bits per heavy atom. The van der Waals surface area contributed by atoms with E-state index in [-0.39, 0.29) is 0 Å². The van der Waals surface area contributed by atoms with E-state index in [0.29, 0.717) is 0 Å². The molecular weight excluding hydrogens is 144 g/mol. The number of hydrogen-bond acceptors (Lipinski definition) is 0. The summed E-state index contributed by atoms with van der Waals surface area (Å²) in [6.45, 7) is 8.82. The molecule has 0 aromatic rings. The molecule has 3 fully saturated rings. The van der Waals surface area contributed by atoms with Gasteiger partial charge in [-0.05, 0) is 42.9 Å². The van der Waals surface area contributed by atoms with E-state index in [1.165, 1.54) is 19.3 Å². The third-order valence-corrected chi connectivity index (χ3v) is 4.03. The van der Waals surface area contributed by atoms with Gasteiger partial charge in [-0.15, -0.1) is 0 Å². The van der Waals surface area contributed by atoms with Gasteiger partial charge in [-0.3, -0.25) is 0 Å². The summed E-state index contributed by atoms with van der Waals surface area (Å²) >= 11 is 0. The van der Waals surface area contributed by atoms with E-state index in [9.17, 15) is 0 Å². The Labute approximate surface area is 77.7 Å². The molecule has 0 aromatic heterocycles. The first-order valence-electron chi connectivity index (χ1n) is 5.83. The molecule has 3 rings (SSSR count). The monoisotopic (exact) mass is 168 g/mol. The van der Waals surface area contributed by atoms with E-state index >= 15 is 0 Å². The van der Waals surface area contributed by atoms with Crippen LogP contribution >= 0.6 is 0 Å². The van der Waals surface area contributed by atoms with Gasteiger partial charge in [0, 0.05) is 0 Å². The molecule has 0 heterocycles. The third-order valence-electron chi connectivity index (χ3n) is 4.03. The van der Waals surface area contributed by atoms with Gasteiger partial charge < -0.3 is 0 Å². The first-order chi connectivity index (χ1) is 5.83. The quantitative estimate of drug-likeness (QED) is 0.553. The molecule has 3 aliphatic carbocycles. The predicted octanol–water partition coefficient (Wildman–Crippen LogP) is 4.10. The summed E-state index contributed by atoms with van der Waals surface area (Å²) < 4.78 is 0. The average molecular weight is 168 g/mol. The summed E-state index contributed by atoms with van der Waals surface area (Å²) in [5.41, 5.74) is 0. The lowest BCUT2D eigenvalue weighted by molar-refractivity contribution is -0.0247. The van der Waals surface area contributed by atoms with Crippen molar-refractivity contribution < 1.29 is 0 Å². The molecule has 0 amide bonds. The van der Waals surface area contributed by atoms with E-state index < -0.39 is 0 Å². The summed E-state index contributed by atoms with van der Waals surface area (Å²) in [5, 5.41) is 0. The first kappa shape index (κ1) is 10.1. The van der Waals surface area contributed by atoms with E-state index in [1.54, 1.807) is 6.42 Å². The van der Waals surface area contributed by atoms with Crippen LogP contribution < -0.4 is 0 Å². The van der Waals surface area contributed by atoms with Gasteiger partial charge in [0.2, 0.25) is 0 Å². The zero-order chi connectivity index (χ0) is 9.14. The Morgan fingerprint density at radius 2 is 1.83 bits per heavy atom. The molecule has 0 aliphatic heterocycles. The van der Waals surface area contributed by atoms with Crippen LogP contribution in [0.2, 0.25) is 0 Å². The van der Waals surface area contributed by atoms with Crippen LogP contribution in [0.1, 0.15) is 53.4 Å². The number of fused-ring (bicyclic) bond motifs is 2. The fourth-order valence-corrected chi connectivity index (χ4v) is 3.08. The normalized spacial score (nSPS) is 44.0. The molecule has 3 aliphatic rings. The van der Waals surface area contributed by atoms with Crippen molar-refractivity contribution in [1.29, 1.82) is 0 Å². The molecule has 0 radical (unpaired) electrons. The topological polar surface area (TPSA) is 0 Å². The van der Waals surface area contributed by atoms with Crippen molar-refractivity contribution in [3.05, 3.63) is 0 Å². The minimum absolute atomic E-state index is 1.08. The highest BCUT2D eigenvalue weighted by Gasteiger charge is 2.44. The van der Waals surface area contributed by atoms with Gasteiger partial charge in [0.05, 0.1) is 0 Å². The van der Waals surface area contributed by atoms with Crippen molar-refractivity contribution in [2.24, 2.45) is 23.7 Å². The molecule has 0 N–H and O–H groups in total. The Hall–Kier alpha value is 0. The maximum atomic E-state index is 2.46. The molecule has 3 saturated carbocycles. The largest absolute Gasteiger partial charge is 0.0683 e. The van der Waals surface area contributed by atoms with E-state index in [4.69, 9.17) is 0 Å². The second-order valence-electron chi connectivity index (χ2n) is 4.26. The molecule has 72 valence electrons. The molecule has 0 nitrogen and oxygen atoms in total. The summed E-state index contributed by atoms with van der Waals surface area (Å²) in [7, 11) is 0. The van der Waals surface area contributed by atoms with E-state index in [2.05, 4.69) is 13.8 Å². The standard InChI is InChI=1S/C10H18.C2H6/c1-3-8-4-5-9-6-10(8)7(9)2;1-2/h7-10H,3-6H2,1-2H3;1-2H3. The van der Waals surface area contributed by atoms with Gasteiger partial charge in [-0.1, -0.05) is 34.1 Å². The van der Waals surface area contributed by atoms with Crippen LogP contribution in [-0.4, -0.2) is 0 Å². The summed E-state index contributed by atoms with van der Waals surface area (Å²) in [6, 6.07) is 0. The minimum atomic E-state index is 1.08. The Morgan fingerprint density at radius 1 is 1.17 bits per heavy atom. The molecular formula is C12H24.